The van der Waals surface area contributed by atoms with E-state index in [-0.39, 0.29) is 36.5 Å². The summed E-state index contributed by atoms with van der Waals surface area (Å²) in [6.45, 7) is 2.86. The van der Waals surface area contributed by atoms with Crippen molar-refractivity contribution in [3.63, 3.8) is 0 Å². The largest absolute Gasteiger partial charge is 0.326 e. The molecule has 0 atom stereocenters. The third-order valence-corrected chi connectivity index (χ3v) is 4.08. The summed E-state index contributed by atoms with van der Waals surface area (Å²) in [4.78, 5) is 45.6. The summed E-state index contributed by atoms with van der Waals surface area (Å²) in [6.07, 6.45) is 3.60. The zero-order chi connectivity index (χ0) is 24.1. The van der Waals surface area contributed by atoms with Gasteiger partial charge in [0.25, 0.3) is 0 Å². The van der Waals surface area contributed by atoms with Crippen molar-refractivity contribution in [2.24, 2.45) is 10.2 Å². The number of hydrogen-bond acceptors (Lipinski definition) is 6. The average Bonchev–Trinajstić information content (AvgIpc) is 2.75. The molecule has 0 saturated carbocycles. The quantitative estimate of drug-likeness (QED) is 0.326. The molecule has 0 radical (unpaired) electrons. The summed E-state index contributed by atoms with van der Waals surface area (Å²) in [6, 6.07) is 13.9. The van der Waals surface area contributed by atoms with Gasteiger partial charge in [-0.05, 0) is 41.8 Å². The third kappa shape index (κ3) is 10.5. The Morgan fingerprint density at radius 3 is 1.36 bits per heavy atom. The van der Waals surface area contributed by atoms with Gasteiger partial charge in [0.05, 0.1) is 12.4 Å². The van der Waals surface area contributed by atoms with Gasteiger partial charge in [0.2, 0.25) is 23.6 Å². The minimum atomic E-state index is -0.309. The second kappa shape index (κ2) is 13.2. The van der Waals surface area contributed by atoms with E-state index in [4.69, 9.17) is 0 Å². The van der Waals surface area contributed by atoms with Crippen molar-refractivity contribution < 1.29 is 19.2 Å². The topological polar surface area (TPSA) is 141 Å². The Kier molecular flexibility index (Phi) is 9.94. The predicted octanol–water partition coefficient (Wildman–Crippen LogP) is 2.37. The predicted molar refractivity (Wildman–Crippen MR) is 127 cm³/mol. The van der Waals surface area contributed by atoms with E-state index in [9.17, 15) is 19.2 Å². The Balaban J connectivity index is 1.63. The molecule has 33 heavy (non-hydrogen) atoms. The molecule has 0 unspecified atom stereocenters. The highest BCUT2D eigenvalue weighted by Crippen LogP contribution is 2.08. The molecule has 0 aromatic heterocycles. The number of carbonyl (C=O) groups is 4. The van der Waals surface area contributed by atoms with E-state index in [1.165, 1.54) is 26.3 Å². The molecule has 0 saturated heterocycles. The van der Waals surface area contributed by atoms with Gasteiger partial charge in [0.15, 0.2) is 0 Å². The first kappa shape index (κ1) is 24.9. The number of rotatable bonds is 10. The number of amides is 4. The maximum absolute atomic E-state index is 11.8. The maximum Gasteiger partial charge on any atom is 0.240 e. The molecule has 0 fully saturated rings. The number of nitrogens with one attached hydrogen (secondary N) is 4. The van der Waals surface area contributed by atoms with Gasteiger partial charge in [-0.25, -0.2) is 10.9 Å². The molecule has 0 spiro atoms. The van der Waals surface area contributed by atoms with Gasteiger partial charge in [0.1, 0.15) is 0 Å². The highest BCUT2D eigenvalue weighted by atomic mass is 16.2. The van der Waals surface area contributed by atoms with Gasteiger partial charge in [-0.15, -0.1) is 0 Å². The third-order valence-electron chi connectivity index (χ3n) is 4.08. The molecular weight excluding hydrogens is 424 g/mol. The highest BCUT2D eigenvalue weighted by molar-refractivity contribution is 5.90. The fourth-order valence-corrected chi connectivity index (χ4v) is 2.59. The number of benzene rings is 2. The van der Waals surface area contributed by atoms with Crippen molar-refractivity contribution in [1.82, 2.24) is 10.9 Å². The van der Waals surface area contributed by atoms with Crippen LogP contribution in [0.4, 0.5) is 11.4 Å². The summed E-state index contributed by atoms with van der Waals surface area (Å²) >= 11 is 0. The van der Waals surface area contributed by atoms with E-state index in [0.717, 1.165) is 11.1 Å². The molecular formula is C23H26N6O4. The molecule has 0 heterocycles. The highest BCUT2D eigenvalue weighted by Gasteiger charge is 2.04. The van der Waals surface area contributed by atoms with Crippen LogP contribution < -0.4 is 21.5 Å². The van der Waals surface area contributed by atoms with E-state index in [0.29, 0.717) is 17.8 Å². The molecule has 10 heteroatoms. The van der Waals surface area contributed by atoms with Gasteiger partial charge in [-0.2, -0.15) is 10.2 Å². The normalized spacial score (nSPS) is 10.7. The Morgan fingerprint density at radius 2 is 1.03 bits per heavy atom. The van der Waals surface area contributed by atoms with E-state index in [1.54, 1.807) is 48.5 Å². The molecule has 0 bridgehead atoms. The van der Waals surface area contributed by atoms with Crippen molar-refractivity contribution in [3.05, 3.63) is 59.7 Å². The lowest BCUT2D eigenvalue weighted by molar-refractivity contribution is -0.122. The van der Waals surface area contributed by atoms with Crippen molar-refractivity contribution in [1.29, 1.82) is 0 Å². The van der Waals surface area contributed by atoms with Gasteiger partial charge < -0.3 is 10.6 Å². The average molecular weight is 450 g/mol. The minimum Gasteiger partial charge on any atom is -0.326 e. The van der Waals surface area contributed by atoms with Crippen molar-refractivity contribution in [2.45, 2.75) is 33.1 Å². The monoisotopic (exact) mass is 450 g/mol. The SMILES string of the molecule is CC(=O)Nc1ccc(/C=N\NC(=O)CCCC(=O)N/N=C/c2ccc(NC(C)=O)cc2)cc1. The van der Waals surface area contributed by atoms with E-state index in [1.807, 2.05) is 0 Å². The van der Waals surface area contributed by atoms with Gasteiger partial charge in [0, 0.05) is 38.1 Å². The summed E-state index contributed by atoms with van der Waals surface area (Å²) in [7, 11) is 0. The number of anilines is 2. The van der Waals surface area contributed by atoms with Gasteiger partial charge in [-0.3, -0.25) is 19.2 Å². The van der Waals surface area contributed by atoms with E-state index >= 15 is 0 Å². The van der Waals surface area contributed by atoms with Crippen LogP contribution >= 0.6 is 0 Å². The van der Waals surface area contributed by atoms with Crippen molar-refractivity contribution in [3.8, 4) is 0 Å². The zero-order valence-corrected chi connectivity index (χ0v) is 18.4. The number of hydrogen-bond donors (Lipinski definition) is 4. The van der Waals surface area contributed by atoms with Crippen molar-refractivity contribution >= 4 is 47.4 Å². The number of nitrogens with zero attached hydrogens (tertiary/aromatic N) is 2. The molecule has 0 aliphatic rings. The Labute approximate surface area is 191 Å². The molecule has 172 valence electrons. The molecule has 4 N–H and O–H groups in total. The summed E-state index contributed by atoms with van der Waals surface area (Å²) < 4.78 is 0. The second-order valence-electron chi connectivity index (χ2n) is 7.05. The Bertz CT molecular complexity index is 946. The number of hydrazone groups is 2. The van der Waals surface area contributed by atoms with Crippen LogP contribution in [0, 0.1) is 0 Å². The maximum atomic E-state index is 11.8. The molecule has 2 aromatic carbocycles. The van der Waals surface area contributed by atoms with E-state index < -0.39 is 0 Å². The molecule has 4 amide bonds. The first-order chi connectivity index (χ1) is 15.8. The fraction of sp³-hybridized carbons (Fsp3) is 0.217. The van der Waals surface area contributed by atoms with Gasteiger partial charge >= 0.3 is 0 Å². The van der Waals surface area contributed by atoms with Crippen LogP contribution in [0.1, 0.15) is 44.2 Å². The standard InChI is InChI=1S/C23H26N6O4/c1-16(30)26-20-10-6-18(7-11-20)14-24-28-22(32)4-3-5-23(33)29-25-15-19-8-12-21(13-9-19)27-17(2)31/h6-15H,3-5H2,1-2H3,(H,26,30)(H,27,31)(H,28,32)(H,29,33)/b24-14-,25-15+. The summed E-state index contributed by atoms with van der Waals surface area (Å²) in [5.74, 6) is -0.925. The zero-order valence-electron chi connectivity index (χ0n) is 18.4. The summed E-state index contributed by atoms with van der Waals surface area (Å²) in [5, 5.41) is 13.1. The lowest BCUT2D eigenvalue weighted by atomic mass is 10.2. The van der Waals surface area contributed by atoms with Crippen LogP contribution in [0.5, 0.6) is 0 Å². The molecule has 2 aromatic rings. The van der Waals surface area contributed by atoms with Crippen LogP contribution in [0.2, 0.25) is 0 Å². The molecule has 0 aliphatic heterocycles. The smallest absolute Gasteiger partial charge is 0.240 e. The first-order valence-corrected chi connectivity index (χ1v) is 10.2. The number of carbonyl (C=O) groups excluding carboxylic acids is 4. The molecule has 2 rings (SSSR count). The van der Waals surface area contributed by atoms with Crippen LogP contribution in [-0.4, -0.2) is 36.1 Å². The van der Waals surface area contributed by atoms with Crippen LogP contribution in [0.15, 0.2) is 58.7 Å². The Morgan fingerprint density at radius 1 is 0.667 bits per heavy atom. The molecule has 10 nitrogen and oxygen atoms in total. The van der Waals surface area contributed by atoms with Gasteiger partial charge in [-0.1, -0.05) is 24.3 Å². The van der Waals surface area contributed by atoms with Crippen LogP contribution in [0.25, 0.3) is 0 Å². The van der Waals surface area contributed by atoms with E-state index in [2.05, 4.69) is 31.7 Å². The molecule has 0 aliphatic carbocycles. The lowest BCUT2D eigenvalue weighted by Crippen LogP contribution is -2.20. The van der Waals surface area contributed by atoms with Crippen molar-refractivity contribution in [2.75, 3.05) is 10.6 Å². The van der Waals surface area contributed by atoms with Crippen LogP contribution in [-0.2, 0) is 19.2 Å². The summed E-state index contributed by atoms with van der Waals surface area (Å²) in [5.41, 5.74) is 7.67. The Hall–Kier alpha value is -4.34. The first-order valence-electron chi connectivity index (χ1n) is 10.2. The second-order valence-corrected chi connectivity index (χ2v) is 7.05. The fourth-order valence-electron chi connectivity index (χ4n) is 2.59. The van der Waals surface area contributed by atoms with Crippen LogP contribution in [0.3, 0.4) is 0 Å². The lowest BCUT2D eigenvalue weighted by Gasteiger charge is -2.02. The minimum absolute atomic E-state index is 0.139.